The second-order valence-corrected chi connectivity index (χ2v) is 3.84. The Kier molecular flexibility index (Phi) is 3.16. The van der Waals surface area contributed by atoms with Gasteiger partial charge in [-0.3, -0.25) is 5.32 Å². The summed E-state index contributed by atoms with van der Waals surface area (Å²) in [4.78, 5) is 0.837. The zero-order valence-electron chi connectivity index (χ0n) is 8.67. The Labute approximate surface area is 92.1 Å². The van der Waals surface area contributed by atoms with E-state index in [9.17, 15) is 13.2 Å². The van der Waals surface area contributed by atoms with E-state index in [0.29, 0.717) is 5.56 Å². The minimum absolute atomic E-state index is 0.163. The Morgan fingerprint density at radius 3 is 2.56 bits per heavy atom. The van der Waals surface area contributed by atoms with Crippen molar-refractivity contribution in [2.24, 2.45) is 0 Å². The van der Waals surface area contributed by atoms with Crippen LogP contribution in [0.1, 0.15) is 5.56 Å². The molecule has 1 aromatic carbocycles. The second-order valence-electron chi connectivity index (χ2n) is 3.84. The number of benzene rings is 1. The number of nitrogens with one attached hydrogen (secondary N) is 1. The van der Waals surface area contributed by atoms with Crippen LogP contribution >= 0.6 is 0 Å². The third-order valence-electron chi connectivity index (χ3n) is 2.73. The molecule has 1 N–H and O–H groups in total. The molecule has 0 radical (unpaired) electrons. The molecule has 1 heterocycles. The number of alkyl halides is 3. The van der Waals surface area contributed by atoms with Gasteiger partial charge in [0, 0.05) is 18.7 Å². The summed E-state index contributed by atoms with van der Waals surface area (Å²) in [5.74, 6) is -1.88. The average Bonchev–Trinajstić information content (AvgIpc) is 2.30. The van der Waals surface area contributed by atoms with Crippen LogP contribution in [0.4, 0.5) is 13.2 Å². The van der Waals surface area contributed by atoms with E-state index in [1.807, 2.05) is 0 Å². The van der Waals surface area contributed by atoms with Crippen LogP contribution in [-0.4, -0.2) is 31.1 Å². The average molecular weight is 230 g/mol. The zero-order valence-corrected chi connectivity index (χ0v) is 8.67. The zero-order chi connectivity index (χ0) is 11.6. The molecular weight excluding hydrogens is 217 g/mol. The summed E-state index contributed by atoms with van der Waals surface area (Å²) in [6.07, 6.45) is 0. The highest BCUT2D eigenvalue weighted by atomic mass is 19.3. The van der Waals surface area contributed by atoms with Crippen LogP contribution in [0.25, 0.3) is 0 Å². The van der Waals surface area contributed by atoms with Crippen LogP contribution in [0.15, 0.2) is 30.3 Å². The van der Waals surface area contributed by atoms with Gasteiger partial charge in [-0.2, -0.15) is 8.78 Å². The van der Waals surface area contributed by atoms with E-state index in [1.54, 1.807) is 30.3 Å². The summed E-state index contributed by atoms with van der Waals surface area (Å²) in [5.41, 5.74) is 0.389. The number of nitrogens with zero attached hydrogens (tertiary/aromatic N) is 1. The largest absolute Gasteiger partial charge is 0.295 e. The molecule has 0 bridgehead atoms. The van der Waals surface area contributed by atoms with Crippen molar-refractivity contribution in [2.45, 2.75) is 12.3 Å². The maximum Gasteiger partial charge on any atom is 0.295 e. The monoisotopic (exact) mass is 230 g/mol. The molecule has 1 aliphatic rings. The minimum atomic E-state index is -2.61. The van der Waals surface area contributed by atoms with Crippen molar-refractivity contribution in [3.8, 4) is 0 Å². The Morgan fingerprint density at radius 1 is 1.25 bits per heavy atom. The first-order valence-corrected chi connectivity index (χ1v) is 5.13. The van der Waals surface area contributed by atoms with Crippen molar-refractivity contribution in [1.82, 2.24) is 10.2 Å². The van der Waals surface area contributed by atoms with Gasteiger partial charge in [-0.1, -0.05) is 30.3 Å². The van der Waals surface area contributed by atoms with Crippen LogP contribution in [-0.2, 0) is 5.79 Å². The van der Waals surface area contributed by atoms with Gasteiger partial charge < -0.3 is 0 Å². The summed E-state index contributed by atoms with van der Waals surface area (Å²) >= 11 is 0. The molecule has 1 aliphatic heterocycles. The smallest absolute Gasteiger partial charge is 0.279 e. The predicted molar refractivity (Wildman–Crippen MR) is 54.8 cm³/mol. The molecule has 1 atom stereocenters. The van der Waals surface area contributed by atoms with Gasteiger partial charge in [0.05, 0.1) is 6.54 Å². The highest BCUT2D eigenvalue weighted by Gasteiger charge is 2.39. The normalized spacial score (nSPS) is 27.2. The molecule has 1 aromatic rings. The van der Waals surface area contributed by atoms with Crippen molar-refractivity contribution in [3.63, 3.8) is 0 Å². The lowest BCUT2D eigenvalue weighted by atomic mass is 10.0. The summed E-state index contributed by atoms with van der Waals surface area (Å²) in [7, 11) is 0. The van der Waals surface area contributed by atoms with Crippen LogP contribution in [0.5, 0.6) is 0 Å². The van der Waals surface area contributed by atoms with Gasteiger partial charge in [-0.15, -0.1) is 0 Å². The van der Waals surface area contributed by atoms with Crippen molar-refractivity contribution in [2.75, 3.05) is 19.6 Å². The lowest BCUT2D eigenvalue weighted by Gasteiger charge is -2.37. The number of piperazine rings is 1. The lowest BCUT2D eigenvalue weighted by molar-refractivity contribution is -0.0876. The Bertz CT molecular complexity index is 344. The van der Waals surface area contributed by atoms with Gasteiger partial charge in [-0.25, -0.2) is 9.29 Å². The molecule has 0 aliphatic carbocycles. The van der Waals surface area contributed by atoms with Crippen LogP contribution in [0, 0.1) is 0 Å². The third kappa shape index (κ3) is 2.20. The molecule has 16 heavy (non-hydrogen) atoms. The summed E-state index contributed by atoms with van der Waals surface area (Å²) in [6.45, 7) is -2.55. The van der Waals surface area contributed by atoms with Crippen LogP contribution < -0.4 is 5.32 Å². The fourth-order valence-corrected chi connectivity index (χ4v) is 1.87. The predicted octanol–water partition coefficient (Wildman–Crippen LogP) is 1.94. The molecule has 0 saturated carbocycles. The first kappa shape index (κ1) is 11.4. The highest BCUT2D eigenvalue weighted by Crippen LogP contribution is 2.27. The third-order valence-corrected chi connectivity index (χ3v) is 2.73. The van der Waals surface area contributed by atoms with Gasteiger partial charge in [0.25, 0.3) is 6.55 Å². The highest BCUT2D eigenvalue weighted by molar-refractivity contribution is 5.22. The van der Waals surface area contributed by atoms with E-state index in [4.69, 9.17) is 0 Å². The SMILES string of the molecule is FC(F)N1CCNC(F)(c2ccccc2)C1. The lowest BCUT2D eigenvalue weighted by Crippen LogP contribution is -2.57. The van der Waals surface area contributed by atoms with E-state index in [0.717, 1.165) is 4.90 Å². The van der Waals surface area contributed by atoms with Gasteiger partial charge in [0.15, 0.2) is 5.79 Å². The fraction of sp³-hybridized carbons (Fsp3) is 0.455. The summed E-state index contributed by atoms with van der Waals surface area (Å²) < 4.78 is 39.5. The fourth-order valence-electron chi connectivity index (χ4n) is 1.87. The Morgan fingerprint density at radius 2 is 1.94 bits per heavy atom. The molecule has 0 aromatic heterocycles. The summed E-state index contributed by atoms with van der Waals surface area (Å²) in [6, 6.07) is 8.35. The molecule has 2 nitrogen and oxygen atoms in total. The topological polar surface area (TPSA) is 15.3 Å². The molecule has 1 unspecified atom stereocenters. The second kappa shape index (κ2) is 4.43. The minimum Gasteiger partial charge on any atom is -0.279 e. The molecule has 5 heteroatoms. The Hall–Kier alpha value is -1.07. The molecular formula is C11H13F3N2. The van der Waals surface area contributed by atoms with Crippen LogP contribution in [0.3, 0.4) is 0 Å². The quantitative estimate of drug-likeness (QED) is 0.781. The number of halogens is 3. The Balaban J connectivity index is 2.19. The van der Waals surface area contributed by atoms with Crippen LogP contribution in [0.2, 0.25) is 0 Å². The molecule has 2 rings (SSSR count). The van der Waals surface area contributed by atoms with Crippen molar-refractivity contribution < 1.29 is 13.2 Å². The van der Waals surface area contributed by atoms with E-state index in [1.165, 1.54) is 0 Å². The molecule has 0 spiro atoms. The van der Waals surface area contributed by atoms with Gasteiger partial charge in [0.2, 0.25) is 0 Å². The molecule has 88 valence electrons. The van der Waals surface area contributed by atoms with E-state index in [2.05, 4.69) is 5.32 Å². The first-order chi connectivity index (χ1) is 7.62. The van der Waals surface area contributed by atoms with E-state index in [-0.39, 0.29) is 19.6 Å². The number of hydrogen-bond donors (Lipinski definition) is 1. The first-order valence-electron chi connectivity index (χ1n) is 5.13. The number of rotatable bonds is 2. The number of hydrogen-bond acceptors (Lipinski definition) is 2. The molecule has 1 saturated heterocycles. The maximum atomic E-state index is 14.4. The van der Waals surface area contributed by atoms with Gasteiger partial charge in [0.1, 0.15) is 0 Å². The van der Waals surface area contributed by atoms with Crippen molar-refractivity contribution >= 4 is 0 Å². The van der Waals surface area contributed by atoms with Gasteiger partial charge in [-0.05, 0) is 0 Å². The van der Waals surface area contributed by atoms with Crippen molar-refractivity contribution in [3.05, 3.63) is 35.9 Å². The molecule has 0 amide bonds. The van der Waals surface area contributed by atoms with E-state index >= 15 is 0 Å². The van der Waals surface area contributed by atoms with Gasteiger partial charge >= 0.3 is 0 Å². The van der Waals surface area contributed by atoms with Crippen molar-refractivity contribution in [1.29, 1.82) is 0 Å². The maximum absolute atomic E-state index is 14.4. The standard InChI is InChI=1S/C11H13F3N2/c12-10(13)16-7-6-15-11(14,8-16)9-4-2-1-3-5-9/h1-5,10,15H,6-8H2. The summed E-state index contributed by atoms with van der Waals surface area (Å²) in [5, 5.41) is 2.65. The van der Waals surface area contributed by atoms with E-state index < -0.39 is 12.3 Å². The molecule has 1 fully saturated rings.